The van der Waals surface area contributed by atoms with E-state index in [1.807, 2.05) is 0 Å². The van der Waals surface area contributed by atoms with Crippen molar-refractivity contribution in [3.63, 3.8) is 0 Å². The zero-order chi connectivity index (χ0) is 6.10. The number of nitrogens with one attached hydrogen (secondary N) is 2. The van der Waals surface area contributed by atoms with Crippen LogP contribution in [0.3, 0.4) is 0 Å². The molecule has 2 fully saturated rings. The number of piperidine rings is 1. The van der Waals surface area contributed by atoms with E-state index in [9.17, 15) is 0 Å². The van der Waals surface area contributed by atoms with E-state index in [0.29, 0.717) is 0 Å². The Balaban J connectivity index is 1.97. The second-order valence-corrected chi connectivity index (χ2v) is 2.96. The topological polar surface area (TPSA) is 24.1 Å². The molecule has 2 atom stereocenters. The fourth-order valence-electron chi connectivity index (χ4n) is 1.79. The van der Waals surface area contributed by atoms with Crippen molar-refractivity contribution in [3.8, 4) is 0 Å². The quantitative estimate of drug-likeness (QED) is 0.480. The van der Waals surface area contributed by atoms with Crippen molar-refractivity contribution in [1.29, 1.82) is 0 Å². The monoisotopic (exact) mass is 125 g/mol. The van der Waals surface area contributed by atoms with Gasteiger partial charge in [-0.2, -0.15) is 0 Å². The predicted octanol–water partition coefficient (Wildman–Crippen LogP) is 0.120. The summed E-state index contributed by atoms with van der Waals surface area (Å²) < 4.78 is 0. The third kappa shape index (κ3) is 0.970. The normalized spacial score (nSPS) is 42.7. The molecule has 0 saturated carbocycles. The van der Waals surface area contributed by atoms with Crippen molar-refractivity contribution < 1.29 is 0 Å². The third-order valence-corrected chi connectivity index (χ3v) is 2.39. The van der Waals surface area contributed by atoms with Crippen molar-refractivity contribution in [1.82, 2.24) is 10.6 Å². The van der Waals surface area contributed by atoms with Crippen LogP contribution in [0.25, 0.3) is 0 Å². The van der Waals surface area contributed by atoms with Crippen LogP contribution in [0.15, 0.2) is 0 Å². The Kier molecular flexibility index (Phi) is 1.44. The summed E-state index contributed by atoms with van der Waals surface area (Å²) in [4.78, 5) is 0. The number of rotatable bonds is 0. The lowest BCUT2D eigenvalue weighted by Crippen LogP contribution is -2.38. The third-order valence-electron chi connectivity index (χ3n) is 2.39. The lowest BCUT2D eigenvalue weighted by molar-refractivity contribution is 0.376. The second kappa shape index (κ2) is 2.27. The summed E-state index contributed by atoms with van der Waals surface area (Å²) in [6, 6.07) is 0.797. The summed E-state index contributed by atoms with van der Waals surface area (Å²) in [5.74, 6) is 0.912. The molecular weight excluding hydrogens is 112 g/mol. The first-order chi connectivity index (χ1) is 4.47. The van der Waals surface area contributed by atoms with Crippen molar-refractivity contribution in [2.75, 3.05) is 13.1 Å². The van der Waals surface area contributed by atoms with Crippen LogP contribution < -0.4 is 10.6 Å². The molecule has 2 nitrogen and oxygen atoms in total. The highest BCUT2D eigenvalue weighted by molar-refractivity contribution is 4.92. The van der Waals surface area contributed by atoms with Gasteiger partial charge in [0.1, 0.15) is 0 Å². The molecule has 0 bridgehead atoms. The molecular formula is C7H13N2. The standard InChI is InChI=1S/C7H13N2/c1-4-9-7-2-3-8-5-6(1)7/h3,6-9H,1-2,4-5H2. The molecule has 2 N–H and O–H groups in total. The molecule has 2 rings (SSSR count). The van der Waals surface area contributed by atoms with Crippen LogP contribution in [0.4, 0.5) is 0 Å². The van der Waals surface area contributed by atoms with E-state index in [0.717, 1.165) is 12.0 Å². The molecule has 2 unspecified atom stereocenters. The number of hydrogen-bond donors (Lipinski definition) is 2. The Morgan fingerprint density at radius 3 is 3.33 bits per heavy atom. The molecule has 0 aromatic carbocycles. The number of fused-ring (bicyclic) bond motifs is 1. The Morgan fingerprint density at radius 2 is 2.44 bits per heavy atom. The minimum atomic E-state index is 0.797. The first-order valence-corrected chi connectivity index (χ1v) is 3.75. The van der Waals surface area contributed by atoms with Crippen LogP contribution in [0.5, 0.6) is 0 Å². The molecule has 2 aliphatic rings. The van der Waals surface area contributed by atoms with Crippen molar-refractivity contribution >= 4 is 0 Å². The molecule has 51 valence electrons. The predicted molar refractivity (Wildman–Crippen MR) is 36.8 cm³/mol. The van der Waals surface area contributed by atoms with Crippen LogP contribution >= 0.6 is 0 Å². The zero-order valence-electron chi connectivity index (χ0n) is 5.56. The van der Waals surface area contributed by atoms with Crippen LogP contribution in [0.2, 0.25) is 0 Å². The van der Waals surface area contributed by atoms with E-state index >= 15 is 0 Å². The van der Waals surface area contributed by atoms with Crippen molar-refractivity contribution in [3.05, 3.63) is 6.54 Å². The molecule has 2 saturated heterocycles. The fourth-order valence-corrected chi connectivity index (χ4v) is 1.79. The molecule has 2 heteroatoms. The summed E-state index contributed by atoms with van der Waals surface area (Å²) in [5, 5.41) is 6.78. The zero-order valence-corrected chi connectivity index (χ0v) is 5.56. The minimum absolute atomic E-state index is 0.797. The SMILES string of the molecule is [CH]1CC2NCCC2CN1. The van der Waals surface area contributed by atoms with Gasteiger partial charge < -0.3 is 10.6 Å². The molecule has 9 heavy (non-hydrogen) atoms. The van der Waals surface area contributed by atoms with Gasteiger partial charge in [-0.05, 0) is 31.8 Å². The maximum Gasteiger partial charge on any atom is 0.0236 e. The Bertz CT molecular complexity index is 91.1. The van der Waals surface area contributed by atoms with E-state index in [2.05, 4.69) is 17.2 Å². The van der Waals surface area contributed by atoms with Gasteiger partial charge >= 0.3 is 0 Å². The first-order valence-electron chi connectivity index (χ1n) is 3.75. The van der Waals surface area contributed by atoms with Crippen LogP contribution in [-0.2, 0) is 0 Å². The first kappa shape index (κ1) is 5.69. The summed E-state index contributed by atoms with van der Waals surface area (Å²) in [6.07, 6.45) is 2.58. The Labute approximate surface area is 56.0 Å². The van der Waals surface area contributed by atoms with Crippen molar-refractivity contribution in [2.24, 2.45) is 5.92 Å². The van der Waals surface area contributed by atoms with Gasteiger partial charge in [0.25, 0.3) is 0 Å². The van der Waals surface area contributed by atoms with E-state index < -0.39 is 0 Å². The van der Waals surface area contributed by atoms with Gasteiger partial charge in [0.05, 0.1) is 0 Å². The fraction of sp³-hybridized carbons (Fsp3) is 0.857. The highest BCUT2D eigenvalue weighted by atomic mass is 15.0. The number of hydrogen-bond acceptors (Lipinski definition) is 2. The van der Waals surface area contributed by atoms with Gasteiger partial charge in [-0.1, -0.05) is 0 Å². The average molecular weight is 125 g/mol. The van der Waals surface area contributed by atoms with Crippen LogP contribution in [-0.4, -0.2) is 19.1 Å². The maximum atomic E-state index is 3.49. The van der Waals surface area contributed by atoms with Gasteiger partial charge in [0, 0.05) is 12.6 Å². The van der Waals surface area contributed by atoms with Gasteiger partial charge in [-0.3, -0.25) is 0 Å². The lowest BCUT2D eigenvalue weighted by atomic mass is 9.95. The maximum absolute atomic E-state index is 3.49. The van der Waals surface area contributed by atoms with E-state index in [-0.39, 0.29) is 0 Å². The van der Waals surface area contributed by atoms with Crippen molar-refractivity contribution in [2.45, 2.75) is 18.9 Å². The molecule has 2 aliphatic heterocycles. The second-order valence-electron chi connectivity index (χ2n) is 2.96. The lowest BCUT2D eigenvalue weighted by Gasteiger charge is -2.24. The average Bonchev–Trinajstić information content (AvgIpc) is 2.33. The largest absolute Gasteiger partial charge is 0.314 e. The van der Waals surface area contributed by atoms with E-state index in [1.165, 1.54) is 25.9 Å². The molecule has 1 radical (unpaired) electrons. The van der Waals surface area contributed by atoms with Crippen LogP contribution in [0, 0.1) is 12.5 Å². The Morgan fingerprint density at radius 1 is 1.44 bits per heavy atom. The molecule has 0 aromatic heterocycles. The highest BCUT2D eigenvalue weighted by Crippen LogP contribution is 2.20. The van der Waals surface area contributed by atoms with Gasteiger partial charge in [-0.25, -0.2) is 0 Å². The molecule has 2 heterocycles. The minimum Gasteiger partial charge on any atom is -0.314 e. The summed E-state index contributed by atoms with van der Waals surface area (Å²) in [6.45, 7) is 4.60. The van der Waals surface area contributed by atoms with E-state index in [4.69, 9.17) is 0 Å². The molecule has 0 aromatic rings. The van der Waals surface area contributed by atoms with Gasteiger partial charge in [0.2, 0.25) is 0 Å². The highest BCUT2D eigenvalue weighted by Gasteiger charge is 2.28. The summed E-state index contributed by atoms with van der Waals surface area (Å²) in [7, 11) is 0. The summed E-state index contributed by atoms with van der Waals surface area (Å²) >= 11 is 0. The van der Waals surface area contributed by atoms with Crippen LogP contribution in [0.1, 0.15) is 12.8 Å². The van der Waals surface area contributed by atoms with E-state index in [1.54, 1.807) is 0 Å². The summed E-state index contributed by atoms with van der Waals surface area (Å²) in [5.41, 5.74) is 0. The smallest absolute Gasteiger partial charge is 0.0236 e. The molecule has 0 amide bonds. The van der Waals surface area contributed by atoms with Gasteiger partial charge in [0.15, 0.2) is 0 Å². The molecule has 0 aliphatic carbocycles. The van der Waals surface area contributed by atoms with Gasteiger partial charge in [-0.15, -0.1) is 0 Å². The molecule has 0 spiro atoms. The Hall–Kier alpha value is -0.0800.